The maximum atomic E-state index is 10.7. The average Bonchev–Trinajstić information content (AvgIpc) is 2.85. The summed E-state index contributed by atoms with van der Waals surface area (Å²) in [7, 11) is 1.70. The van der Waals surface area contributed by atoms with Gasteiger partial charge in [0.15, 0.2) is 0 Å². The Hall–Kier alpha value is -0.930. The quantitative estimate of drug-likeness (QED) is 0.872. The molecule has 0 bridgehead atoms. The minimum Gasteiger partial charge on any atom is -0.389 e. The monoisotopic (exact) mass is 249 g/mol. The number of rotatable bonds is 5. The fourth-order valence-electron chi connectivity index (χ4n) is 3.20. The molecule has 3 heteroatoms. The molecule has 0 fully saturated rings. The van der Waals surface area contributed by atoms with Crippen LogP contribution in [-0.2, 0) is 11.2 Å². The number of hydrogen-bond donors (Lipinski definition) is 1. The van der Waals surface area contributed by atoms with Gasteiger partial charge in [0.1, 0.15) is 0 Å². The Labute approximate surface area is 109 Å². The Kier molecular flexibility index (Phi) is 4.03. The van der Waals surface area contributed by atoms with Crippen molar-refractivity contribution >= 4 is 0 Å². The second-order valence-corrected chi connectivity index (χ2v) is 5.11. The van der Waals surface area contributed by atoms with Crippen LogP contribution in [0.1, 0.15) is 50.3 Å². The first kappa shape index (κ1) is 13.5. The van der Waals surface area contributed by atoms with E-state index in [0.717, 1.165) is 31.4 Å². The summed E-state index contributed by atoms with van der Waals surface area (Å²) < 4.78 is 5.65. The van der Waals surface area contributed by atoms with Crippen molar-refractivity contribution in [2.75, 3.05) is 7.11 Å². The number of ether oxygens (including phenoxy) is 1. The van der Waals surface area contributed by atoms with E-state index in [1.807, 2.05) is 12.3 Å². The Bertz CT molecular complexity index is 393. The predicted octanol–water partition coefficient (Wildman–Crippen LogP) is 2.68. The van der Waals surface area contributed by atoms with Crippen molar-refractivity contribution < 1.29 is 9.84 Å². The molecule has 0 amide bonds. The van der Waals surface area contributed by atoms with E-state index < -0.39 is 11.7 Å². The lowest BCUT2D eigenvalue weighted by atomic mass is 9.81. The fourth-order valence-corrected chi connectivity index (χ4v) is 3.20. The lowest BCUT2D eigenvalue weighted by molar-refractivity contribution is -0.117. The molecule has 1 aliphatic rings. The van der Waals surface area contributed by atoms with E-state index in [2.05, 4.69) is 24.9 Å². The number of fused-ring (bicyclic) bond motifs is 1. The SMILES string of the molecule is CCC(CC)(OC)C(O)C1CCc2cccnc21. The summed E-state index contributed by atoms with van der Waals surface area (Å²) in [5.74, 6) is 0.112. The number of hydrogen-bond acceptors (Lipinski definition) is 3. The maximum absolute atomic E-state index is 10.7. The lowest BCUT2D eigenvalue weighted by Crippen LogP contribution is -2.46. The van der Waals surface area contributed by atoms with Crippen molar-refractivity contribution in [2.24, 2.45) is 0 Å². The van der Waals surface area contributed by atoms with Gasteiger partial charge < -0.3 is 9.84 Å². The molecule has 0 saturated carbocycles. The molecule has 2 unspecified atom stereocenters. The minimum atomic E-state index is -0.478. The van der Waals surface area contributed by atoms with Crippen LogP contribution in [0.15, 0.2) is 18.3 Å². The number of aliphatic hydroxyl groups excluding tert-OH is 1. The minimum absolute atomic E-state index is 0.112. The van der Waals surface area contributed by atoms with Gasteiger partial charge in [-0.3, -0.25) is 4.98 Å². The van der Waals surface area contributed by atoms with Gasteiger partial charge >= 0.3 is 0 Å². The van der Waals surface area contributed by atoms with E-state index in [0.29, 0.717) is 0 Å². The number of aryl methyl sites for hydroxylation is 1. The molecule has 3 nitrogen and oxygen atoms in total. The van der Waals surface area contributed by atoms with E-state index >= 15 is 0 Å². The summed E-state index contributed by atoms with van der Waals surface area (Å²) in [6.45, 7) is 4.15. The van der Waals surface area contributed by atoms with Crippen molar-refractivity contribution in [2.45, 2.75) is 57.2 Å². The first-order chi connectivity index (χ1) is 8.68. The van der Waals surface area contributed by atoms with Gasteiger partial charge in [-0.2, -0.15) is 0 Å². The summed E-state index contributed by atoms with van der Waals surface area (Å²) in [6, 6.07) is 4.08. The normalized spacial score (nSPS) is 20.8. The molecule has 1 heterocycles. The molecule has 0 saturated heterocycles. The molecule has 18 heavy (non-hydrogen) atoms. The lowest BCUT2D eigenvalue weighted by Gasteiger charge is -2.38. The van der Waals surface area contributed by atoms with E-state index in [1.54, 1.807) is 7.11 Å². The Balaban J connectivity index is 2.28. The second kappa shape index (κ2) is 5.37. The predicted molar refractivity (Wildman–Crippen MR) is 71.6 cm³/mol. The molecule has 0 spiro atoms. The van der Waals surface area contributed by atoms with Crippen molar-refractivity contribution in [1.29, 1.82) is 0 Å². The third-order valence-electron chi connectivity index (χ3n) is 4.53. The summed E-state index contributed by atoms with van der Waals surface area (Å²) in [4.78, 5) is 4.46. The highest BCUT2D eigenvalue weighted by atomic mass is 16.5. The standard InChI is InChI=1S/C15H23NO2/c1-4-15(5-2,18-3)14(17)12-9-8-11-7-6-10-16-13(11)12/h6-7,10,12,14,17H,4-5,8-9H2,1-3H3. The van der Waals surface area contributed by atoms with Gasteiger partial charge in [0.05, 0.1) is 11.7 Å². The number of aromatic nitrogens is 1. The van der Waals surface area contributed by atoms with Crippen LogP contribution in [0.25, 0.3) is 0 Å². The van der Waals surface area contributed by atoms with E-state index in [4.69, 9.17) is 4.74 Å². The largest absolute Gasteiger partial charge is 0.389 e. The zero-order valence-electron chi connectivity index (χ0n) is 11.5. The molecule has 1 aromatic heterocycles. The Morgan fingerprint density at radius 1 is 1.50 bits per heavy atom. The van der Waals surface area contributed by atoms with Gasteiger partial charge in [0, 0.05) is 24.9 Å². The highest BCUT2D eigenvalue weighted by molar-refractivity contribution is 5.30. The average molecular weight is 249 g/mol. The molecule has 0 radical (unpaired) electrons. The van der Waals surface area contributed by atoms with Gasteiger partial charge in [-0.1, -0.05) is 19.9 Å². The topological polar surface area (TPSA) is 42.4 Å². The zero-order valence-corrected chi connectivity index (χ0v) is 11.5. The summed E-state index contributed by atoms with van der Waals surface area (Å²) in [6.07, 6.45) is 4.96. The third-order valence-corrected chi connectivity index (χ3v) is 4.53. The molecule has 1 aromatic rings. The first-order valence-corrected chi connectivity index (χ1v) is 6.85. The van der Waals surface area contributed by atoms with Gasteiger partial charge in [0.2, 0.25) is 0 Å². The van der Waals surface area contributed by atoms with Crippen molar-refractivity contribution in [3.8, 4) is 0 Å². The number of pyridine rings is 1. The summed E-state index contributed by atoms with van der Waals surface area (Å²) in [5, 5.41) is 10.7. The van der Waals surface area contributed by atoms with E-state index in [-0.39, 0.29) is 5.92 Å². The summed E-state index contributed by atoms with van der Waals surface area (Å²) >= 11 is 0. The van der Waals surface area contributed by atoms with E-state index in [1.165, 1.54) is 5.56 Å². The molecule has 2 atom stereocenters. The molecule has 0 aromatic carbocycles. The van der Waals surface area contributed by atoms with E-state index in [9.17, 15) is 5.11 Å². The van der Waals surface area contributed by atoms with Crippen LogP contribution < -0.4 is 0 Å². The molecule has 1 N–H and O–H groups in total. The molecule has 2 rings (SSSR count). The van der Waals surface area contributed by atoms with Gasteiger partial charge in [0.25, 0.3) is 0 Å². The molecule has 100 valence electrons. The van der Waals surface area contributed by atoms with Crippen molar-refractivity contribution in [3.05, 3.63) is 29.6 Å². The Morgan fingerprint density at radius 3 is 2.83 bits per heavy atom. The molecular weight excluding hydrogens is 226 g/mol. The van der Waals surface area contributed by atoms with Crippen LogP contribution in [0.2, 0.25) is 0 Å². The van der Waals surface area contributed by atoms with Crippen LogP contribution in [0.3, 0.4) is 0 Å². The molecule has 0 aliphatic heterocycles. The number of nitrogens with zero attached hydrogens (tertiary/aromatic N) is 1. The van der Waals surface area contributed by atoms with Crippen LogP contribution in [0, 0.1) is 0 Å². The van der Waals surface area contributed by atoms with Crippen molar-refractivity contribution in [3.63, 3.8) is 0 Å². The highest BCUT2D eigenvalue weighted by Crippen LogP contribution is 2.40. The maximum Gasteiger partial charge on any atom is 0.0937 e. The summed E-state index contributed by atoms with van der Waals surface area (Å²) in [5.41, 5.74) is 1.90. The third kappa shape index (κ3) is 2.06. The van der Waals surface area contributed by atoms with Crippen LogP contribution >= 0.6 is 0 Å². The highest BCUT2D eigenvalue weighted by Gasteiger charge is 2.42. The molecule has 1 aliphatic carbocycles. The van der Waals surface area contributed by atoms with Gasteiger partial charge in [-0.05, 0) is 37.3 Å². The smallest absolute Gasteiger partial charge is 0.0937 e. The number of aliphatic hydroxyl groups is 1. The number of methoxy groups -OCH3 is 1. The van der Waals surface area contributed by atoms with Crippen LogP contribution in [-0.4, -0.2) is 28.9 Å². The van der Waals surface area contributed by atoms with Crippen molar-refractivity contribution in [1.82, 2.24) is 4.98 Å². The van der Waals surface area contributed by atoms with Crippen LogP contribution in [0.5, 0.6) is 0 Å². The first-order valence-electron chi connectivity index (χ1n) is 6.85. The van der Waals surface area contributed by atoms with Gasteiger partial charge in [-0.15, -0.1) is 0 Å². The zero-order chi connectivity index (χ0) is 13.2. The molecular formula is C15H23NO2. The van der Waals surface area contributed by atoms with Gasteiger partial charge in [-0.25, -0.2) is 0 Å². The second-order valence-electron chi connectivity index (χ2n) is 5.11. The fraction of sp³-hybridized carbons (Fsp3) is 0.667. The Morgan fingerprint density at radius 2 is 2.22 bits per heavy atom. The van der Waals surface area contributed by atoms with Crippen LogP contribution in [0.4, 0.5) is 0 Å².